The summed E-state index contributed by atoms with van der Waals surface area (Å²) in [4.78, 5) is 15.4. The number of amides is 1. The van der Waals surface area contributed by atoms with Crippen molar-refractivity contribution >= 4 is 41.5 Å². The summed E-state index contributed by atoms with van der Waals surface area (Å²) >= 11 is 0. The molecule has 6 nitrogen and oxygen atoms in total. The van der Waals surface area contributed by atoms with Crippen LogP contribution in [0.5, 0.6) is 5.75 Å². The van der Waals surface area contributed by atoms with E-state index in [9.17, 15) is 4.79 Å². The molecule has 23 heavy (non-hydrogen) atoms. The number of nitrogens with one attached hydrogen (secondary N) is 3. The van der Waals surface area contributed by atoms with Gasteiger partial charge in [0.25, 0.3) is 0 Å². The van der Waals surface area contributed by atoms with E-state index in [-0.39, 0.29) is 29.9 Å². The average Bonchev–Trinajstić information content (AvgIpc) is 2.48. The molecule has 1 amide bonds. The maximum Gasteiger partial charge on any atom is 0.221 e. The number of halogens is 1. The van der Waals surface area contributed by atoms with E-state index in [0.29, 0.717) is 13.2 Å². The van der Waals surface area contributed by atoms with Crippen LogP contribution in [-0.4, -0.2) is 38.1 Å². The predicted octanol–water partition coefficient (Wildman–Crippen LogP) is 2.61. The van der Waals surface area contributed by atoms with Crippen molar-refractivity contribution in [2.45, 2.75) is 27.2 Å². The molecule has 130 valence electrons. The van der Waals surface area contributed by atoms with E-state index in [1.807, 2.05) is 25.1 Å². The Bertz CT molecular complexity index is 495. The molecule has 0 fully saturated rings. The smallest absolute Gasteiger partial charge is 0.221 e. The van der Waals surface area contributed by atoms with Crippen LogP contribution in [0.4, 0.5) is 5.69 Å². The Morgan fingerprint density at radius 3 is 2.70 bits per heavy atom. The molecule has 0 unspecified atom stereocenters. The molecule has 0 aromatic heterocycles. The van der Waals surface area contributed by atoms with Crippen molar-refractivity contribution in [3.8, 4) is 5.75 Å². The third-order valence-electron chi connectivity index (χ3n) is 2.66. The van der Waals surface area contributed by atoms with E-state index in [4.69, 9.17) is 4.74 Å². The highest BCUT2D eigenvalue weighted by Gasteiger charge is 2.00. The van der Waals surface area contributed by atoms with Gasteiger partial charge in [0.05, 0.1) is 6.54 Å². The number of guanidine groups is 1. The van der Waals surface area contributed by atoms with Crippen LogP contribution in [0.2, 0.25) is 0 Å². The summed E-state index contributed by atoms with van der Waals surface area (Å²) in [5.41, 5.74) is 0.732. The fraction of sp³-hybridized carbons (Fsp3) is 0.500. The molecule has 0 atom stereocenters. The van der Waals surface area contributed by atoms with Crippen molar-refractivity contribution in [1.29, 1.82) is 0 Å². The predicted molar refractivity (Wildman–Crippen MR) is 106 cm³/mol. The minimum absolute atomic E-state index is 0. The van der Waals surface area contributed by atoms with Crippen LogP contribution in [-0.2, 0) is 4.79 Å². The number of hydrogen-bond donors (Lipinski definition) is 3. The van der Waals surface area contributed by atoms with Crippen LogP contribution in [0.3, 0.4) is 0 Å². The number of anilines is 1. The van der Waals surface area contributed by atoms with Crippen molar-refractivity contribution < 1.29 is 9.53 Å². The standard InChI is InChI=1S/C16H26N4O2.HI/c1-4-9-18-16(17-5-2)19-10-11-22-15-8-6-7-14(12-15)20-13(3)21;/h6-8,12H,4-5,9-11H2,1-3H3,(H,20,21)(H2,17,18,19);1H. The lowest BCUT2D eigenvalue weighted by atomic mass is 10.3. The molecule has 0 radical (unpaired) electrons. The summed E-state index contributed by atoms with van der Waals surface area (Å²) < 4.78 is 5.66. The van der Waals surface area contributed by atoms with Crippen LogP contribution in [0.1, 0.15) is 27.2 Å². The van der Waals surface area contributed by atoms with Gasteiger partial charge in [-0.25, -0.2) is 0 Å². The van der Waals surface area contributed by atoms with Gasteiger partial charge in [-0.15, -0.1) is 24.0 Å². The largest absolute Gasteiger partial charge is 0.492 e. The zero-order chi connectivity index (χ0) is 16.2. The first kappa shape index (κ1) is 21.5. The SMILES string of the molecule is CCCN=C(NCC)NCCOc1cccc(NC(C)=O)c1.I. The lowest BCUT2D eigenvalue weighted by molar-refractivity contribution is -0.114. The van der Waals surface area contributed by atoms with Crippen LogP contribution >= 0.6 is 24.0 Å². The molecular weight excluding hydrogens is 407 g/mol. The van der Waals surface area contributed by atoms with Gasteiger partial charge in [0.2, 0.25) is 5.91 Å². The Balaban J connectivity index is 0.00000484. The molecule has 0 aliphatic carbocycles. The van der Waals surface area contributed by atoms with E-state index in [0.717, 1.165) is 36.9 Å². The second kappa shape index (κ2) is 13.0. The normalized spacial score (nSPS) is 10.5. The van der Waals surface area contributed by atoms with Gasteiger partial charge in [-0.2, -0.15) is 0 Å². The van der Waals surface area contributed by atoms with Gasteiger partial charge in [0.15, 0.2) is 5.96 Å². The molecule has 0 aliphatic rings. The number of carbonyl (C=O) groups is 1. The van der Waals surface area contributed by atoms with Crippen molar-refractivity contribution in [2.24, 2.45) is 4.99 Å². The van der Waals surface area contributed by atoms with Gasteiger partial charge >= 0.3 is 0 Å². The average molecular weight is 434 g/mol. The van der Waals surface area contributed by atoms with Gasteiger partial charge in [-0.05, 0) is 25.5 Å². The molecule has 0 aliphatic heterocycles. The lowest BCUT2D eigenvalue weighted by Crippen LogP contribution is -2.39. The number of hydrogen-bond acceptors (Lipinski definition) is 3. The van der Waals surface area contributed by atoms with E-state index >= 15 is 0 Å². The lowest BCUT2D eigenvalue weighted by Gasteiger charge is -2.12. The first-order chi connectivity index (χ1) is 10.7. The fourth-order valence-electron chi connectivity index (χ4n) is 1.77. The maximum atomic E-state index is 11.0. The number of carbonyl (C=O) groups excluding carboxylic acids is 1. The molecular formula is C16H27IN4O2. The highest BCUT2D eigenvalue weighted by Crippen LogP contribution is 2.16. The van der Waals surface area contributed by atoms with E-state index in [2.05, 4.69) is 27.9 Å². The van der Waals surface area contributed by atoms with Crippen LogP contribution in [0, 0.1) is 0 Å². The number of benzene rings is 1. The fourth-order valence-corrected chi connectivity index (χ4v) is 1.77. The van der Waals surface area contributed by atoms with Gasteiger partial charge in [-0.1, -0.05) is 13.0 Å². The summed E-state index contributed by atoms with van der Waals surface area (Å²) in [5, 5.41) is 9.13. The molecule has 7 heteroatoms. The zero-order valence-corrected chi connectivity index (χ0v) is 16.3. The van der Waals surface area contributed by atoms with Crippen molar-refractivity contribution in [3.63, 3.8) is 0 Å². The Morgan fingerprint density at radius 1 is 1.26 bits per heavy atom. The van der Waals surface area contributed by atoms with Crippen LogP contribution in [0.15, 0.2) is 29.3 Å². The topological polar surface area (TPSA) is 74.8 Å². The van der Waals surface area contributed by atoms with Crippen LogP contribution < -0.4 is 20.7 Å². The Kier molecular flexibility index (Phi) is 12.1. The Hall–Kier alpha value is -1.51. The molecule has 0 bridgehead atoms. The van der Waals surface area contributed by atoms with E-state index in [1.54, 1.807) is 6.07 Å². The molecule has 1 aromatic carbocycles. The van der Waals surface area contributed by atoms with Gasteiger partial charge in [0, 0.05) is 31.8 Å². The van der Waals surface area contributed by atoms with Crippen molar-refractivity contribution in [2.75, 3.05) is 31.6 Å². The molecule has 0 saturated carbocycles. The Labute approximate surface area is 155 Å². The molecule has 0 spiro atoms. The summed E-state index contributed by atoms with van der Waals surface area (Å²) in [7, 11) is 0. The highest BCUT2D eigenvalue weighted by atomic mass is 127. The molecule has 1 rings (SSSR count). The summed E-state index contributed by atoms with van der Waals surface area (Å²) in [6.45, 7) is 8.41. The second-order valence-corrected chi connectivity index (χ2v) is 4.74. The molecule has 1 aromatic rings. The van der Waals surface area contributed by atoms with Crippen molar-refractivity contribution in [3.05, 3.63) is 24.3 Å². The quantitative estimate of drug-likeness (QED) is 0.255. The Morgan fingerprint density at radius 2 is 2.04 bits per heavy atom. The van der Waals surface area contributed by atoms with Gasteiger partial charge in [0.1, 0.15) is 12.4 Å². The van der Waals surface area contributed by atoms with E-state index < -0.39 is 0 Å². The zero-order valence-electron chi connectivity index (χ0n) is 14.0. The molecule has 0 heterocycles. The van der Waals surface area contributed by atoms with Crippen molar-refractivity contribution in [1.82, 2.24) is 10.6 Å². The molecule has 3 N–H and O–H groups in total. The van der Waals surface area contributed by atoms with Gasteiger partial charge in [-0.3, -0.25) is 9.79 Å². The molecule has 0 saturated heterocycles. The number of aliphatic imine (C=N–C) groups is 1. The minimum Gasteiger partial charge on any atom is -0.492 e. The summed E-state index contributed by atoms with van der Waals surface area (Å²) in [6, 6.07) is 7.34. The minimum atomic E-state index is -0.0961. The van der Waals surface area contributed by atoms with Gasteiger partial charge < -0.3 is 20.7 Å². The second-order valence-electron chi connectivity index (χ2n) is 4.74. The van der Waals surface area contributed by atoms with E-state index in [1.165, 1.54) is 6.92 Å². The highest BCUT2D eigenvalue weighted by molar-refractivity contribution is 14.0. The third-order valence-corrected chi connectivity index (χ3v) is 2.66. The number of nitrogens with zero attached hydrogens (tertiary/aromatic N) is 1. The first-order valence-corrected chi connectivity index (χ1v) is 7.68. The summed E-state index contributed by atoms with van der Waals surface area (Å²) in [6.07, 6.45) is 1.02. The van der Waals surface area contributed by atoms with Crippen LogP contribution in [0.25, 0.3) is 0 Å². The maximum absolute atomic E-state index is 11.0. The third kappa shape index (κ3) is 9.98. The number of ether oxygens (including phenoxy) is 1. The first-order valence-electron chi connectivity index (χ1n) is 7.68. The monoisotopic (exact) mass is 434 g/mol. The number of rotatable bonds is 8. The summed E-state index contributed by atoms with van der Waals surface area (Å²) in [5.74, 6) is 1.43.